The number of nitrogens with one attached hydrogen (secondary N) is 1. The van der Waals surface area contributed by atoms with Gasteiger partial charge in [-0.3, -0.25) is 4.90 Å². The average molecular weight is 309 g/mol. The molecule has 2 nitrogen and oxygen atoms in total. The fraction of sp³-hybridized carbons (Fsp3) is 0.600. The highest BCUT2D eigenvalue weighted by Gasteiger charge is 2.34. The fourth-order valence-electron chi connectivity index (χ4n) is 3.63. The summed E-state index contributed by atoms with van der Waals surface area (Å²) in [7, 11) is 2.07. The van der Waals surface area contributed by atoms with Crippen molar-refractivity contribution in [1.82, 2.24) is 10.2 Å². The molecule has 0 amide bonds. The zero-order valence-corrected chi connectivity index (χ0v) is 12.5. The van der Waals surface area contributed by atoms with Crippen LogP contribution in [0.5, 0.6) is 0 Å². The molecule has 0 saturated carbocycles. The fourth-order valence-corrected chi connectivity index (χ4v) is 4.04. The van der Waals surface area contributed by atoms with Crippen molar-refractivity contribution in [1.29, 1.82) is 0 Å². The van der Waals surface area contributed by atoms with Gasteiger partial charge in [-0.25, -0.2) is 0 Å². The number of hydrogen-bond acceptors (Lipinski definition) is 2. The van der Waals surface area contributed by atoms with E-state index in [2.05, 4.69) is 51.4 Å². The van der Waals surface area contributed by atoms with Gasteiger partial charge in [0.2, 0.25) is 0 Å². The van der Waals surface area contributed by atoms with E-state index in [4.69, 9.17) is 0 Å². The van der Waals surface area contributed by atoms with Gasteiger partial charge in [0, 0.05) is 23.1 Å². The molecule has 0 bridgehead atoms. The highest BCUT2D eigenvalue weighted by atomic mass is 79.9. The van der Waals surface area contributed by atoms with Crippen LogP contribution in [0.4, 0.5) is 0 Å². The van der Waals surface area contributed by atoms with Crippen LogP contribution in [0.1, 0.15) is 36.4 Å². The second kappa shape index (κ2) is 5.32. The third-order valence-corrected chi connectivity index (χ3v) is 4.91. The molecule has 2 atom stereocenters. The second-order valence-corrected chi connectivity index (χ2v) is 6.40. The molecule has 98 valence electrons. The van der Waals surface area contributed by atoms with Crippen LogP contribution in [0.25, 0.3) is 0 Å². The highest BCUT2D eigenvalue weighted by molar-refractivity contribution is 9.10. The first-order valence-electron chi connectivity index (χ1n) is 6.98. The molecule has 3 heteroatoms. The van der Waals surface area contributed by atoms with Crippen molar-refractivity contribution in [2.24, 2.45) is 0 Å². The highest BCUT2D eigenvalue weighted by Crippen LogP contribution is 2.40. The number of hydrogen-bond donors (Lipinski definition) is 1. The number of benzene rings is 1. The number of fused-ring (bicyclic) bond motifs is 1. The first-order valence-corrected chi connectivity index (χ1v) is 7.77. The van der Waals surface area contributed by atoms with Crippen molar-refractivity contribution in [2.45, 2.75) is 37.8 Å². The van der Waals surface area contributed by atoms with E-state index >= 15 is 0 Å². The Morgan fingerprint density at radius 2 is 2.28 bits per heavy atom. The van der Waals surface area contributed by atoms with Gasteiger partial charge in [0.15, 0.2) is 0 Å². The van der Waals surface area contributed by atoms with Gasteiger partial charge in [0.1, 0.15) is 0 Å². The third kappa shape index (κ3) is 2.24. The molecule has 1 aliphatic carbocycles. The Labute approximate surface area is 118 Å². The molecule has 1 N–H and O–H groups in total. The van der Waals surface area contributed by atoms with Crippen molar-refractivity contribution < 1.29 is 0 Å². The third-order valence-electron chi connectivity index (χ3n) is 4.41. The van der Waals surface area contributed by atoms with E-state index in [-0.39, 0.29) is 0 Å². The zero-order valence-electron chi connectivity index (χ0n) is 11.0. The summed E-state index contributed by atoms with van der Waals surface area (Å²) in [5, 5.41) is 3.35. The molecule has 3 rings (SSSR count). The number of halogens is 1. The number of rotatable bonds is 3. The number of aryl methyl sites for hydroxylation is 1. The SMILES string of the molecule is CNCC1CCCN1C1CCc2cc(Br)ccc21. The molecule has 2 unspecified atom stereocenters. The Kier molecular flexibility index (Phi) is 3.73. The monoisotopic (exact) mass is 308 g/mol. The van der Waals surface area contributed by atoms with Crippen molar-refractivity contribution >= 4 is 15.9 Å². The van der Waals surface area contributed by atoms with Gasteiger partial charge in [0.05, 0.1) is 0 Å². The minimum absolute atomic E-state index is 0.661. The summed E-state index contributed by atoms with van der Waals surface area (Å²) in [6.45, 7) is 2.40. The molecule has 0 radical (unpaired) electrons. The van der Waals surface area contributed by atoms with E-state index in [0.717, 1.165) is 12.6 Å². The maximum Gasteiger partial charge on any atom is 0.0357 e. The maximum absolute atomic E-state index is 3.58. The van der Waals surface area contributed by atoms with E-state index in [1.54, 1.807) is 11.1 Å². The van der Waals surface area contributed by atoms with Crippen LogP contribution in [0.3, 0.4) is 0 Å². The summed E-state index contributed by atoms with van der Waals surface area (Å²) in [5.74, 6) is 0. The lowest BCUT2D eigenvalue weighted by Crippen LogP contribution is -2.38. The second-order valence-electron chi connectivity index (χ2n) is 5.49. The van der Waals surface area contributed by atoms with E-state index in [9.17, 15) is 0 Å². The van der Waals surface area contributed by atoms with Crippen LogP contribution in [0.2, 0.25) is 0 Å². The zero-order chi connectivity index (χ0) is 12.5. The Morgan fingerprint density at radius 1 is 1.39 bits per heavy atom. The van der Waals surface area contributed by atoms with Crippen molar-refractivity contribution in [3.63, 3.8) is 0 Å². The quantitative estimate of drug-likeness (QED) is 0.923. The lowest BCUT2D eigenvalue weighted by Gasteiger charge is -2.31. The first-order chi connectivity index (χ1) is 8.79. The molecule has 1 aliphatic heterocycles. The predicted molar refractivity (Wildman–Crippen MR) is 78.9 cm³/mol. The smallest absolute Gasteiger partial charge is 0.0357 e. The largest absolute Gasteiger partial charge is 0.318 e. The van der Waals surface area contributed by atoms with Gasteiger partial charge in [-0.05, 0) is 62.5 Å². The van der Waals surface area contributed by atoms with Crippen LogP contribution in [0, 0.1) is 0 Å². The molecular formula is C15H21BrN2. The standard InChI is InChI=1S/C15H21BrN2/c1-17-10-13-3-2-8-18(13)15-7-4-11-9-12(16)5-6-14(11)15/h5-6,9,13,15,17H,2-4,7-8,10H2,1H3. The molecule has 1 aromatic rings. The van der Waals surface area contributed by atoms with E-state index in [1.807, 2.05) is 0 Å². The average Bonchev–Trinajstić information content (AvgIpc) is 2.95. The Morgan fingerprint density at radius 3 is 3.11 bits per heavy atom. The topological polar surface area (TPSA) is 15.3 Å². The molecule has 1 aromatic carbocycles. The summed E-state index contributed by atoms with van der Waals surface area (Å²) < 4.78 is 1.22. The summed E-state index contributed by atoms with van der Waals surface area (Å²) in [5.41, 5.74) is 3.12. The summed E-state index contributed by atoms with van der Waals surface area (Å²) in [6.07, 6.45) is 5.24. The normalized spacial score (nSPS) is 27.7. The molecule has 1 fully saturated rings. The van der Waals surface area contributed by atoms with Gasteiger partial charge < -0.3 is 5.32 Å². The van der Waals surface area contributed by atoms with Gasteiger partial charge in [-0.1, -0.05) is 22.0 Å². The van der Waals surface area contributed by atoms with Gasteiger partial charge in [-0.2, -0.15) is 0 Å². The molecule has 0 spiro atoms. The first kappa shape index (κ1) is 12.6. The van der Waals surface area contributed by atoms with Crippen LogP contribution >= 0.6 is 15.9 Å². The van der Waals surface area contributed by atoms with Crippen molar-refractivity contribution in [2.75, 3.05) is 20.1 Å². The van der Waals surface area contributed by atoms with Crippen LogP contribution in [-0.4, -0.2) is 31.1 Å². The summed E-state index contributed by atoms with van der Waals surface area (Å²) in [6, 6.07) is 8.22. The maximum atomic E-state index is 3.58. The Bertz CT molecular complexity index is 433. The minimum atomic E-state index is 0.661. The van der Waals surface area contributed by atoms with Crippen LogP contribution < -0.4 is 5.32 Å². The molecule has 2 aliphatic rings. The minimum Gasteiger partial charge on any atom is -0.318 e. The van der Waals surface area contributed by atoms with E-state index in [1.165, 1.54) is 36.7 Å². The van der Waals surface area contributed by atoms with Gasteiger partial charge >= 0.3 is 0 Å². The van der Waals surface area contributed by atoms with Gasteiger partial charge in [-0.15, -0.1) is 0 Å². The summed E-state index contributed by atoms with van der Waals surface area (Å²) >= 11 is 3.58. The summed E-state index contributed by atoms with van der Waals surface area (Å²) in [4.78, 5) is 2.73. The van der Waals surface area contributed by atoms with E-state index in [0.29, 0.717) is 6.04 Å². The predicted octanol–water partition coefficient (Wildman–Crippen LogP) is 3.12. The van der Waals surface area contributed by atoms with Gasteiger partial charge in [0.25, 0.3) is 0 Å². The van der Waals surface area contributed by atoms with Crippen molar-refractivity contribution in [3.05, 3.63) is 33.8 Å². The number of nitrogens with zero attached hydrogens (tertiary/aromatic N) is 1. The van der Waals surface area contributed by atoms with Crippen LogP contribution in [0.15, 0.2) is 22.7 Å². The Balaban J connectivity index is 1.83. The Hall–Kier alpha value is -0.380. The van der Waals surface area contributed by atoms with Crippen LogP contribution in [-0.2, 0) is 6.42 Å². The molecule has 0 aromatic heterocycles. The van der Waals surface area contributed by atoms with E-state index < -0.39 is 0 Å². The lowest BCUT2D eigenvalue weighted by molar-refractivity contribution is 0.178. The number of likely N-dealkylation sites (N-methyl/N-ethyl adjacent to an activating group) is 1. The molecular weight excluding hydrogens is 288 g/mol. The molecule has 1 saturated heterocycles. The lowest BCUT2D eigenvalue weighted by atomic mass is 10.1. The molecule has 1 heterocycles. The molecule has 18 heavy (non-hydrogen) atoms. The number of likely N-dealkylation sites (tertiary alicyclic amines) is 1. The van der Waals surface area contributed by atoms with Crippen molar-refractivity contribution in [3.8, 4) is 0 Å².